The summed E-state index contributed by atoms with van der Waals surface area (Å²) in [6.07, 6.45) is 3.84. The van der Waals surface area contributed by atoms with Crippen LogP contribution in [0.2, 0.25) is 0 Å². The second-order valence-electron chi connectivity index (χ2n) is 4.21. The highest BCUT2D eigenvalue weighted by atomic mass is 16.1. The summed E-state index contributed by atoms with van der Waals surface area (Å²) in [5.41, 5.74) is 2.85. The van der Waals surface area contributed by atoms with Gasteiger partial charge in [0, 0.05) is 11.8 Å². The van der Waals surface area contributed by atoms with E-state index in [2.05, 4.69) is 22.4 Å². The lowest BCUT2D eigenvalue weighted by atomic mass is 10.1. The molecule has 0 spiro atoms. The van der Waals surface area contributed by atoms with Crippen molar-refractivity contribution in [2.75, 3.05) is 0 Å². The molecule has 94 valence electrons. The molecule has 0 aliphatic rings. The highest BCUT2D eigenvalue weighted by Gasteiger charge is 2.05. The topological polar surface area (TPSA) is 57.8 Å². The summed E-state index contributed by atoms with van der Waals surface area (Å²) >= 11 is 0. The van der Waals surface area contributed by atoms with Crippen LogP contribution in [0.3, 0.4) is 0 Å². The standard InChI is InChI=1S/C14H17N3O/c1-2-3-11-4-6-12(7-5-11)14(18)15-10-13-8-9-16-17-13/h4-9H,2-3,10H2,1H3,(H,15,18)(H,16,17). The molecule has 4 nitrogen and oxygen atoms in total. The van der Waals surface area contributed by atoms with Crippen LogP contribution in [0, 0.1) is 0 Å². The fourth-order valence-corrected chi connectivity index (χ4v) is 1.77. The molecule has 0 unspecified atom stereocenters. The number of carbonyl (C=O) groups is 1. The van der Waals surface area contributed by atoms with E-state index in [1.54, 1.807) is 6.20 Å². The first-order valence-corrected chi connectivity index (χ1v) is 6.15. The molecule has 2 rings (SSSR count). The number of aromatic nitrogens is 2. The summed E-state index contributed by atoms with van der Waals surface area (Å²) in [4.78, 5) is 11.9. The van der Waals surface area contributed by atoms with Gasteiger partial charge in [0.2, 0.25) is 0 Å². The average Bonchev–Trinajstić information content (AvgIpc) is 2.90. The SMILES string of the molecule is CCCc1ccc(C(=O)NCc2ccn[nH]2)cc1. The molecule has 0 aliphatic heterocycles. The van der Waals surface area contributed by atoms with Crippen LogP contribution in [0.15, 0.2) is 36.5 Å². The van der Waals surface area contributed by atoms with Gasteiger partial charge in [-0.15, -0.1) is 0 Å². The van der Waals surface area contributed by atoms with Crippen LogP contribution < -0.4 is 5.32 Å². The second-order valence-corrected chi connectivity index (χ2v) is 4.21. The number of nitrogens with one attached hydrogen (secondary N) is 2. The molecule has 1 heterocycles. The number of carbonyl (C=O) groups excluding carboxylic acids is 1. The lowest BCUT2D eigenvalue weighted by Gasteiger charge is -2.04. The Morgan fingerprint density at radius 1 is 1.28 bits per heavy atom. The van der Waals surface area contributed by atoms with Crippen molar-refractivity contribution >= 4 is 5.91 Å². The minimum absolute atomic E-state index is 0.0624. The Kier molecular flexibility index (Phi) is 4.12. The molecule has 4 heteroatoms. The molecular formula is C14H17N3O. The molecular weight excluding hydrogens is 226 g/mol. The third-order valence-electron chi connectivity index (χ3n) is 2.75. The molecule has 0 aliphatic carbocycles. The van der Waals surface area contributed by atoms with Crippen molar-refractivity contribution < 1.29 is 4.79 Å². The Balaban J connectivity index is 1.92. The van der Waals surface area contributed by atoms with E-state index in [0.717, 1.165) is 18.5 Å². The Morgan fingerprint density at radius 2 is 2.06 bits per heavy atom. The predicted molar refractivity (Wildman–Crippen MR) is 70.2 cm³/mol. The highest BCUT2D eigenvalue weighted by molar-refractivity contribution is 5.94. The molecule has 0 radical (unpaired) electrons. The summed E-state index contributed by atoms with van der Waals surface area (Å²) in [7, 11) is 0. The van der Waals surface area contributed by atoms with Crippen LogP contribution in [-0.2, 0) is 13.0 Å². The Hall–Kier alpha value is -2.10. The first-order valence-electron chi connectivity index (χ1n) is 6.15. The smallest absolute Gasteiger partial charge is 0.251 e. The highest BCUT2D eigenvalue weighted by Crippen LogP contribution is 2.06. The zero-order valence-corrected chi connectivity index (χ0v) is 10.4. The Bertz CT molecular complexity index is 488. The van der Waals surface area contributed by atoms with Crippen molar-refractivity contribution in [3.63, 3.8) is 0 Å². The van der Waals surface area contributed by atoms with Crippen LogP contribution in [0.1, 0.15) is 35.0 Å². The number of hydrogen-bond acceptors (Lipinski definition) is 2. The van der Waals surface area contributed by atoms with Crippen molar-refractivity contribution in [3.05, 3.63) is 53.3 Å². The van der Waals surface area contributed by atoms with E-state index >= 15 is 0 Å². The van der Waals surface area contributed by atoms with Crippen molar-refractivity contribution in [1.29, 1.82) is 0 Å². The molecule has 0 atom stereocenters. The first-order chi connectivity index (χ1) is 8.79. The quantitative estimate of drug-likeness (QED) is 0.846. The maximum atomic E-state index is 11.9. The van der Waals surface area contributed by atoms with E-state index in [-0.39, 0.29) is 5.91 Å². The van der Waals surface area contributed by atoms with Gasteiger partial charge in [-0.05, 0) is 30.2 Å². The van der Waals surface area contributed by atoms with Gasteiger partial charge in [-0.3, -0.25) is 9.89 Å². The number of hydrogen-bond donors (Lipinski definition) is 2. The number of rotatable bonds is 5. The van der Waals surface area contributed by atoms with Gasteiger partial charge in [0.1, 0.15) is 0 Å². The molecule has 2 N–H and O–H groups in total. The maximum absolute atomic E-state index is 11.9. The van der Waals surface area contributed by atoms with Gasteiger partial charge in [0.05, 0.1) is 12.2 Å². The average molecular weight is 243 g/mol. The summed E-state index contributed by atoms with van der Waals surface area (Å²) in [5.74, 6) is -0.0624. The van der Waals surface area contributed by atoms with Crippen molar-refractivity contribution in [2.24, 2.45) is 0 Å². The van der Waals surface area contributed by atoms with E-state index in [0.29, 0.717) is 12.1 Å². The second kappa shape index (κ2) is 6.00. The van der Waals surface area contributed by atoms with Crippen LogP contribution in [0.4, 0.5) is 0 Å². The monoisotopic (exact) mass is 243 g/mol. The largest absolute Gasteiger partial charge is 0.346 e. The lowest BCUT2D eigenvalue weighted by molar-refractivity contribution is 0.0950. The van der Waals surface area contributed by atoms with Gasteiger partial charge in [0.15, 0.2) is 0 Å². The minimum Gasteiger partial charge on any atom is -0.346 e. The zero-order valence-electron chi connectivity index (χ0n) is 10.4. The summed E-state index contributed by atoms with van der Waals surface area (Å²) in [5, 5.41) is 9.48. The first kappa shape index (κ1) is 12.4. The normalized spacial score (nSPS) is 10.3. The summed E-state index contributed by atoms with van der Waals surface area (Å²) < 4.78 is 0. The third-order valence-corrected chi connectivity index (χ3v) is 2.75. The van der Waals surface area contributed by atoms with Crippen LogP contribution in [0.5, 0.6) is 0 Å². The number of amides is 1. The van der Waals surface area contributed by atoms with Gasteiger partial charge < -0.3 is 5.32 Å². The zero-order chi connectivity index (χ0) is 12.8. The van der Waals surface area contributed by atoms with E-state index in [1.807, 2.05) is 30.3 Å². The molecule has 0 bridgehead atoms. The Labute approximate surface area is 106 Å². The molecule has 1 aromatic carbocycles. The van der Waals surface area contributed by atoms with Gasteiger partial charge in [0.25, 0.3) is 5.91 Å². The van der Waals surface area contributed by atoms with Gasteiger partial charge in [-0.25, -0.2) is 0 Å². The van der Waals surface area contributed by atoms with Crippen LogP contribution >= 0.6 is 0 Å². The maximum Gasteiger partial charge on any atom is 0.251 e. The van der Waals surface area contributed by atoms with Gasteiger partial charge in [-0.2, -0.15) is 5.10 Å². The van der Waals surface area contributed by atoms with Crippen molar-refractivity contribution in [3.8, 4) is 0 Å². The Morgan fingerprint density at radius 3 is 2.67 bits per heavy atom. The number of aromatic amines is 1. The van der Waals surface area contributed by atoms with E-state index in [4.69, 9.17) is 0 Å². The fourth-order valence-electron chi connectivity index (χ4n) is 1.77. The molecule has 18 heavy (non-hydrogen) atoms. The number of nitrogens with zero attached hydrogens (tertiary/aromatic N) is 1. The summed E-state index contributed by atoms with van der Waals surface area (Å²) in [6.45, 7) is 2.61. The van der Waals surface area contributed by atoms with E-state index in [1.165, 1.54) is 5.56 Å². The lowest BCUT2D eigenvalue weighted by Crippen LogP contribution is -2.22. The minimum atomic E-state index is -0.0624. The molecule has 1 amide bonds. The fraction of sp³-hybridized carbons (Fsp3) is 0.286. The number of H-pyrrole nitrogens is 1. The molecule has 0 saturated carbocycles. The third kappa shape index (κ3) is 3.20. The summed E-state index contributed by atoms with van der Waals surface area (Å²) in [6, 6.07) is 9.59. The van der Waals surface area contributed by atoms with Gasteiger partial charge >= 0.3 is 0 Å². The van der Waals surface area contributed by atoms with Crippen molar-refractivity contribution in [2.45, 2.75) is 26.3 Å². The van der Waals surface area contributed by atoms with Gasteiger partial charge in [-0.1, -0.05) is 25.5 Å². The van der Waals surface area contributed by atoms with E-state index in [9.17, 15) is 4.79 Å². The number of aryl methyl sites for hydroxylation is 1. The molecule has 1 aromatic heterocycles. The number of benzene rings is 1. The van der Waals surface area contributed by atoms with E-state index < -0.39 is 0 Å². The predicted octanol–water partition coefficient (Wildman–Crippen LogP) is 2.29. The molecule has 0 fully saturated rings. The van der Waals surface area contributed by atoms with Crippen LogP contribution in [0.25, 0.3) is 0 Å². The van der Waals surface area contributed by atoms with Crippen LogP contribution in [-0.4, -0.2) is 16.1 Å². The molecule has 2 aromatic rings. The van der Waals surface area contributed by atoms with Crippen molar-refractivity contribution in [1.82, 2.24) is 15.5 Å². The molecule has 0 saturated heterocycles.